The summed E-state index contributed by atoms with van der Waals surface area (Å²) >= 11 is 0. The number of amides is 1. The maximum absolute atomic E-state index is 12.7. The second-order valence-electron chi connectivity index (χ2n) is 7.08. The van der Waals surface area contributed by atoms with Gasteiger partial charge in [0.1, 0.15) is 12.0 Å². The number of ether oxygens (including phenoxy) is 1. The van der Waals surface area contributed by atoms with Gasteiger partial charge in [-0.3, -0.25) is 9.78 Å². The van der Waals surface area contributed by atoms with Crippen LogP contribution >= 0.6 is 0 Å². The molecule has 1 saturated carbocycles. The molecular weight excluding hydrogens is 316 g/mol. The Kier molecular flexibility index (Phi) is 4.44. The molecule has 0 unspecified atom stereocenters. The van der Waals surface area contributed by atoms with Crippen LogP contribution in [0.4, 0.5) is 0 Å². The highest BCUT2D eigenvalue weighted by molar-refractivity contribution is 5.92. The summed E-state index contributed by atoms with van der Waals surface area (Å²) in [6.45, 7) is 2.86. The predicted molar refractivity (Wildman–Crippen MR) is 91.6 cm³/mol. The molecule has 1 aliphatic carbocycles. The van der Waals surface area contributed by atoms with Crippen LogP contribution in [0.3, 0.4) is 0 Å². The number of aromatic nitrogens is 3. The molecule has 25 heavy (non-hydrogen) atoms. The van der Waals surface area contributed by atoms with Crippen molar-refractivity contribution in [3.8, 4) is 0 Å². The topological polar surface area (TPSA) is 68.2 Å². The zero-order valence-electron chi connectivity index (χ0n) is 14.2. The van der Waals surface area contributed by atoms with Crippen molar-refractivity contribution in [2.75, 3.05) is 19.7 Å². The van der Waals surface area contributed by atoms with Crippen LogP contribution in [-0.4, -0.2) is 45.5 Å². The van der Waals surface area contributed by atoms with Gasteiger partial charge in [0.2, 0.25) is 0 Å². The minimum absolute atomic E-state index is 0.00492. The van der Waals surface area contributed by atoms with Gasteiger partial charge >= 0.3 is 0 Å². The van der Waals surface area contributed by atoms with Crippen LogP contribution in [0.2, 0.25) is 0 Å². The lowest BCUT2D eigenvalue weighted by atomic mass is 9.81. The van der Waals surface area contributed by atoms with E-state index in [1.807, 2.05) is 17.0 Å². The first-order chi connectivity index (χ1) is 12.3. The number of pyridine rings is 1. The van der Waals surface area contributed by atoms with Crippen molar-refractivity contribution in [2.24, 2.45) is 11.3 Å². The fourth-order valence-electron chi connectivity index (χ4n) is 4.24. The predicted octanol–water partition coefficient (Wildman–Crippen LogP) is 2.33. The van der Waals surface area contributed by atoms with Gasteiger partial charge in [-0.2, -0.15) is 0 Å². The second kappa shape index (κ2) is 6.88. The largest absolute Gasteiger partial charge is 0.376 e. The fourth-order valence-corrected chi connectivity index (χ4v) is 4.24. The van der Waals surface area contributed by atoms with Gasteiger partial charge in [-0.05, 0) is 42.5 Å². The Morgan fingerprint density at radius 1 is 1.24 bits per heavy atom. The van der Waals surface area contributed by atoms with Crippen LogP contribution in [0.1, 0.15) is 35.3 Å². The van der Waals surface area contributed by atoms with Crippen LogP contribution < -0.4 is 0 Å². The Labute approximate surface area is 147 Å². The zero-order valence-corrected chi connectivity index (χ0v) is 14.2. The summed E-state index contributed by atoms with van der Waals surface area (Å²) in [5.74, 6) is 0.529. The number of carbonyl (C=O) groups is 1. The molecule has 0 N–H and O–H groups in total. The van der Waals surface area contributed by atoms with Gasteiger partial charge in [0, 0.05) is 37.1 Å². The van der Waals surface area contributed by atoms with E-state index in [2.05, 4.69) is 15.0 Å². The fraction of sp³-hybridized carbons (Fsp3) is 0.474. The Bertz CT molecular complexity index is 725. The first-order valence-corrected chi connectivity index (χ1v) is 8.79. The summed E-state index contributed by atoms with van der Waals surface area (Å²) in [4.78, 5) is 26.7. The van der Waals surface area contributed by atoms with Crippen molar-refractivity contribution >= 4 is 5.91 Å². The molecule has 3 heterocycles. The Hall–Kier alpha value is -2.34. The minimum Gasteiger partial charge on any atom is -0.376 e. The molecule has 1 saturated heterocycles. The molecule has 6 heteroatoms. The Morgan fingerprint density at radius 3 is 2.88 bits per heavy atom. The van der Waals surface area contributed by atoms with Crippen molar-refractivity contribution in [1.82, 2.24) is 19.9 Å². The van der Waals surface area contributed by atoms with Gasteiger partial charge in [0.15, 0.2) is 0 Å². The molecular formula is C19H22N4O2. The van der Waals surface area contributed by atoms with Crippen LogP contribution in [0.5, 0.6) is 0 Å². The van der Waals surface area contributed by atoms with Gasteiger partial charge in [0.25, 0.3) is 5.91 Å². The number of carbonyl (C=O) groups excluding carboxylic acids is 1. The van der Waals surface area contributed by atoms with Crippen molar-refractivity contribution in [3.63, 3.8) is 0 Å². The summed E-state index contributed by atoms with van der Waals surface area (Å²) in [6, 6.07) is 5.63. The zero-order chi connectivity index (χ0) is 17.1. The molecule has 0 bridgehead atoms. The van der Waals surface area contributed by atoms with Crippen molar-refractivity contribution in [1.29, 1.82) is 0 Å². The van der Waals surface area contributed by atoms with E-state index >= 15 is 0 Å². The van der Waals surface area contributed by atoms with Crippen LogP contribution in [0, 0.1) is 11.3 Å². The van der Waals surface area contributed by atoms with Crippen LogP contribution in [0.25, 0.3) is 0 Å². The molecule has 2 aliphatic rings. The molecule has 2 aromatic rings. The first kappa shape index (κ1) is 16.1. The van der Waals surface area contributed by atoms with Gasteiger partial charge < -0.3 is 9.64 Å². The van der Waals surface area contributed by atoms with E-state index in [1.54, 1.807) is 24.7 Å². The highest BCUT2D eigenvalue weighted by Crippen LogP contribution is 2.49. The van der Waals surface area contributed by atoms with Crippen LogP contribution in [0.15, 0.2) is 43.1 Å². The highest BCUT2D eigenvalue weighted by Gasteiger charge is 2.50. The number of likely N-dealkylation sites (tertiary alicyclic amines) is 1. The molecule has 2 fully saturated rings. The lowest BCUT2D eigenvalue weighted by molar-refractivity contribution is 0.0265. The molecule has 0 radical (unpaired) electrons. The summed E-state index contributed by atoms with van der Waals surface area (Å²) in [6.07, 6.45) is 10.1. The van der Waals surface area contributed by atoms with Gasteiger partial charge in [-0.25, -0.2) is 9.97 Å². The maximum Gasteiger partial charge on any atom is 0.272 e. The van der Waals surface area contributed by atoms with Gasteiger partial charge in [-0.1, -0.05) is 6.42 Å². The van der Waals surface area contributed by atoms with Gasteiger partial charge in [-0.15, -0.1) is 0 Å². The molecule has 1 amide bonds. The second-order valence-corrected chi connectivity index (χ2v) is 7.08. The lowest BCUT2D eigenvalue weighted by Gasteiger charge is -2.28. The summed E-state index contributed by atoms with van der Waals surface area (Å²) in [5, 5.41) is 0. The van der Waals surface area contributed by atoms with E-state index in [0.717, 1.165) is 25.1 Å². The monoisotopic (exact) mass is 338 g/mol. The van der Waals surface area contributed by atoms with Crippen molar-refractivity contribution in [3.05, 3.63) is 54.4 Å². The minimum atomic E-state index is 0.00492. The van der Waals surface area contributed by atoms with E-state index in [-0.39, 0.29) is 11.3 Å². The van der Waals surface area contributed by atoms with Crippen molar-refractivity contribution < 1.29 is 9.53 Å². The Balaban J connectivity index is 1.41. The third kappa shape index (κ3) is 3.26. The quantitative estimate of drug-likeness (QED) is 0.837. The van der Waals surface area contributed by atoms with Crippen LogP contribution in [-0.2, 0) is 11.3 Å². The molecule has 0 aromatic carbocycles. The normalized spacial score (nSPS) is 25.1. The average Bonchev–Trinajstić information content (AvgIpc) is 3.20. The number of nitrogens with zero attached hydrogens (tertiary/aromatic N) is 4. The SMILES string of the molecule is O=C(c1ccncn1)N1C[C@H]2CCC[C@@]2(COCc2ccncc2)C1. The molecule has 6 nitrogen and oxygen atoms in total. The first-order valence-electron chi connectivity index (χ1n) is 8.79. The Morgan fingerprint density at radius 2 is 2.08 bits per heavy atom. The highest BCUT2D eigenvalue weighted by atomic mass is 16.5. The average molecular weight is 338 g/mol. The molecule has 1 aliphatic heterocycles. The van der Waals surface area contributed by atoms with E-state index in [1.165, 1.54) is 19.2 Å². The van der Waals surface area contributed by atoms with E-state index in [0.29, 0.717) is 24.8 Å². The molecule has 0 spiro atoms. The number of hydrogen-bond acceptors (Lipinski definition) is 5. The van der Waals surface area contributed by atoms with E-state index in [4.69, 9.17) is 4.74 Å². The lowest BCUT2D eigenvalue weighted by Crippen LogP contribution is -2.35. The third-order valence-electron chi connectivity index (χ3n) is 5.54. The summed E-state index contributed by atoms with van der Waals surface area (Å²) in [7, 11) is 0. The van der Waals surface area contributed by atoms with E-state index < -0.39 is 0 Å². The molecule has 130 valence electrons. The standard InChI is InChI=1S/C19H22N4O2/c24-18(17-5-9-21-14-22-17)23-10-16-2-1-6-19(16,12-23)13-25-11-15-3-7-20-8-4-15/h3-5,7-9,14,16H,1-2,6,10-13H2/t16-,19+/m1/s1. The van der Waals surface area contributed by atoms with Gasteiger partial charge in [0.05, 0.1) is 13.2 Å². The van der Waals surface area contributed by atoms with Crippen molar-refractivity contribution in [2.45, 2.75) is 25.9 Å². The maximum atomic E-state index is 12.7. The summed E-state index contributed by atoms with van der Waals surface area (Å²) < 4.78 is 6.05. The molecule has 4 rings (SSSR count). The van der Waals surface area contributed by atoms with E-state index in [9.17, 15) is 4.79 Å². The molecule has 2 atom stereocenters. The number of hydrogen-bond donors (Lipinski definition) is 0. The smallest absolute Gasteiger partial charge is 0.272 e. The number of rotatable bonds is 5. The third-order valence-corrected chi connectivity index (χ3v) is 5.54. The number of fused-ring (bicyclic) bond motifs is 1. The molecule has 2 aromatic heterocycles. The summed E-state index contributed by atoms with van der Waals surface area (Å²) in [5.41, 5.74) is 1.70.